The van der Waals surface area contributed by atoms with Crippen LogP contribution in [0, 0.1) is 19.8 Å². The van der Waals surface area contributed by atoms with Gasteiger partial charge in [0.05, 0.1) is 5.92 Å². The lowest BCUT2D eigenvalue weighted by atomic mass is 9.79. The highest BCUT2D eigenvalue weighted by atomic mass is 35.5. The van der Waals surface area contributed by atoms with Gasteiger partial charge in [0.2, 0.25) is 0 Å². The first-order valence-electron chi connectivity index (χ1n) is 10.4. The molecule has 5 heteroatoms. The molecule has 0 bridgehead atoms. The summed E-state index contributed by atoms with van der Waals surface area (Å²) in [6, 6.07) is 10.5. The van der Waals surface area contributed by atoms with E-state index in [0.29, 0.717) is 25.6 Å². The molecular weight excluding hydrogens is 386 g/mol. The van der Waals surface area contributed by atoms with Gasteiger partial charge in [-0.1, -0.05) is 42.3 Å². The first-order chi connectivity index (χ1) is 13.9. The SMILES string of the molecule is Cc1cc(CN2CC(C(=O)O)C2)cc(C)c1OCc1ccc(Cl)c(C2CCC2)c1. The topological polar surface area (TPSA) is 49.8 Å². The summed E-state index contributed by atoms with van der Waals surface area (Å²) in [7, 11) is 0. The Morgan fingerprint density at radius 1 is 1.14 bits per heavy atom. The van der Waals surface area contributed by atoms with Crippen LogP contribution in [0.4, 0.5) is 0 Å². The molecule has 1 saturated carbocycles. The lowest BCUT2D eigenvalue weighted by molar-refractivity contribution is -0.147. The molecule has 0 atom stereocenters. The Morgan fingerprint density at radius 2 is 1.83 bits per heavy atom. The van der Waals surface area contributed by atoms with Gasteiger partial charge >= 0.3 is 5.97 Å². The quantitative estimate of drug-likeness (QED) is 0.667. The van der Waals surface area contributed by atoms with Crippen molar-refractivity contribution in [1.82, 2.24) is 4.90 Å². The van der Waals surface area contributed by atoms with E-state index >= 15 is 0 Å². The normalized spacial score (nSPS) is 17.6. The summed E-state index contributed by atoms with van der Waals surface area (Å²) in [5.74, 6) is 0.623. The Balaban J connectivity index is 1.40. The number of carboxylic acid groups (broad SMARTS) is 1. The van der Waals surface area contributed by atoms with Crippen LogP contribution >= 0.6 is 11.6 Å². The van der Waals surface area contributed by atoms with Crippen LogP contribution in [0.2, 0.25) is 5.02 Å². The molecule has 0 amide bonds. The number of rotatable bonds is 7. The molecule has 1 aliphatic carbocycles. The number of nitrogens with zero attached hydrogens (tertiary/aromatic N) is 1. The van der Waals surface area contributed by atoms with E-state index in [1.165, 1.54) is 30.4 Å². The van der Waals surface area contributed by atoms with Gasteiger partial charge in [-0.2, -0.15) is 0 Å². The van der Waals surface area contributed by atoms with Crippen molar-refractivity contribution in [3.05, 3.63) is 63.2 Å². The fourth-order valence-corrected chi connectivity index (χ4v) is 4.61. The van der Waals surface area contributed by atoms with Crippen LogP contribution in [0.25, 0.3) is 0 Å². The number of carboxylic acids is 1. The Labute approximate surface area is 177 Å². The predicted molar refractivity (Wildman–Crippen MR) is 115 cm³/mol. The van der Waals surface area contributed by atoms with Crippen LogP contribution in [0.5, 0.6) is 5.75 Å². The van der Waals surface area contributed by atoms with Gasteiger partial charge in [-0.05, 0) is 66.5 Å². The summed E-state index contributed by atoms with van der Waals surface area (Å²) in [5.41, 5.74) is 5.85. The van der Waals surface area contributed by atoms with E-state index in [2.05, 4.69) is 36.9 Å². The highest BCUT2D eigenvalue weighted by Gasteiger charge is 2.32. The van der Waals surface area contributed by atoms with Crippen LogP contribution in [0.3, 0.4) is 0 Å². The van der Waals surface area contributed by atoms with Crippen molar-refractivity contribution < 1.29 is 14.6 Å². The fraction of sp³-hybridized carbons (Fsp3) is 0.458. The molecule has 1 saturated heterocycles. The summed E-state index contributed by atoms with van der Waals surface area (Å²) in [6.07, 6.45) is 3.75. The molecule has 1 heterocycles. The van der Waals surface area contributed by atoms with Crippen LogP contribution in [0.1, 0.15) is 53.0 Å². The Bertz CT molecular complexity index is 893. The van der Waals surface area contributed by atoms with Gasteiger partial charge in [0.15, 0.2) is 0 Å². The molecule has 154 valence electrons. The molecule has 29 heavy (non-hydrogen) atoms. The average Bonchev–Trinajstić information content (AvgIpc) is 2.57. The smallest absolute Gasteiger partial charge is 0.309 e. The van der Waals surface area contributed by atoms with Crippen molar-refractivity contribution in [1.29, 1.82) is 0 Å². The minimum Gasteiger partial charge on any atom is -0.488 e. The summed E-state index contributed by atoms with van der Waals surface area (Å²) in [4.78, 5) is 13.1. The van der Waals surface area contributed by atoms with Crippen LogP contribution in [-0.2, 0) is 17.9 Å². The highest BCUT2D eigenvalue weighted by Crippen LogP contribution is 2.40. The molecule has 1 aliphatic heterocycles. The molecule has 0 radical (unpaired) electrons. The van der Waals surface area contributed by atoms with Crippen molar-refractivity contribution in [3.8, 4) is 5.75 Å². The maximum absolute atomic E-state index is 11.0. The number of benzene rings is 2. The second-order valence-electron chi connectivity index (χ2n) is 8.56. The number of halogens is 1. The molecule has 0 aromatic heterocycles. The zero-order valence-corrected chi connectivity index (χ0v) is 17.8. The molecule has 0 spiro atoms. The second kappa shape index (κ2) is 8.37. The van der Waals surface area contributed by atoms with Crippen LogP contribution in [-0.4, -0.2) is 29.1 Å². The van der Waals surface area contributed by atoms with Gasteiger partial charge < -0.3 is 9.84 Å². The molecular formula is C24H28ClNO3. The second-order valence-corrected chi connectivity index (χ2v) is 8.97. The lowest BCUT2D eigenvalue weighted by Crippen LogP contribution is -2.49. The molecule has 4 nitrogen and oxygen atoms in total. The molecule has 0 unspecified atom stereocenters. The van der Waals surface area contributed by atoms with Gasteiger partial charge in [0.25, 0.3) is 0 Å². The zero-order valence-electron chi connectivity index (χ0n) is 17.1. The van der Waals surface area contributed by atoms with E-state index in [9.17, 15) is 4.79 Å². The first-order valence-corrected chi connectivity index (χ1v) is 10.7. The van der Waals surface area contributed by atoms with E-state index in [0.717, 1.165) is 34.0 Å². The van der Waals surface area contributed by atoms with E-state index < -0.39 is 5.97 Å². The Kier molecular flexibility index (Phi) is 5.84. The van der Waals surface area contributed by atoms with E-state index in [1.54, 1.807) is 0 Å². The third-order valence-corrected chi connectivity index (χ3v) is 6.57. The number of aliphatic carboxylic acids is 1. The monoisotopic (exact) mass is 413 g/mol. The van der Waals surface area contributed by atoms with E-state index in [-0.39, 0.29) is 5.92 Å². The minimum atomic E-state index is -0.694. The lowest BCUT2D eigenvalue weighted by Gasteiger charge is -2.36. The summed E-state index contributed by atoms with van der Waals surface area (Å²) >= 11 is 6.40. The number of hydrogen-bond donors (Lipinski definition) is 1. The van der Waals surface area contributed by atoms with Gasteiger partial charge in [0, 0.05) is 24.7 Å². The largest absolute Gasteiger partial charge is 0.488 e. The van der Waals surface area contributed by atoms with Crippen molar-refractivity contribution in [2.24, 2.45) is 5.92 Å². The molecule has 2 fully saturated rings. The van der Waals surface area contributed by atoms with Gasteiger partial charge in [-0.15, -0.1) is 0 Å². The molecule has 2 aromatic rings. The van der Waals surface area contributed by atoms with E-state index in [1.807, 2.05) is 12.1 Å². The van der Waals surface area contributed by atoms with Crippen molar-refractivity contribution >= 4 is 17.6 Å². The zero-order chi connectivity index (χ0) is 20.5. The average molecular weight is 414 g/mol. The maximum atomic E-state index is 11.0. The molecule has 1 N–H and O–H groups in total. The molecule has 2 aromatic carbocycles. The van der Waals surface area contributed by atoms with Gasteiger partial charge in [0.1, 0.15) is 12.4 Å². The highest BCUT2D eigenvalue weighted by molar-refractivity contribution is 6.31. The van der Waals surface area contributed by atoms with Crippen molar-refractivity contribution in [2.45, 2.75) is 52.2 Å². The van der Waals surface area contributed by atoms with E-state index in [4.69, 9.17) is 21.4 Å². The molecule has 4 rings (SSSR count). The fourth-order valence-electron chi connectivity index (χ4n) is 4.34. The summed E-state index contributed by atoms with van der Waals surface area (Å²) in [5, 5.41) is 9.89. The van der Waals surface area contributed by atoms with Crippen molar-refractivity contribution in [3.63, 3.8) is 0 Å². The summed E-state index contributed by atoms with van der Waals surface area (Å²) < 4.78 is 6.19. The van der Waals surface area contributed by atoms with Gasteiger partial charge in [-0.3, -0.25) is 9.69 Å². The standard InChI is InChI=1S/C24H28ClNO3/c1-15-8-18(11-26-12-20(13-26)24(27)28)9-16(2)23(15)29-14-17-6-7-22(25)21(10-17)19-4-3-5-19/h6-10,19-20H,3-5,11-14H2,1-2H3,(H,27,28). The number of aryl methyl sites for hydroxylation is 2. The maximum Gasteiger partial charge on any atom is 0.309 e. The number of likely N-dealkylation sites (tertiary alicyclic amines) is 1. The Hall–Kier alpha value is -2.04. The van der Waals surface area contributed by atoms with Gasteiger partial charge in [-0.25, -0.2) is 0 Å². The van der Waals surface area contributed by atoms with Crippen molar-refractivity contribution in [2.75, 3.05) is 13.1 Å². The first kappa shape index (κ1) is 20.2. The number of ether oxygens (including phenoxy) is 1. The number of carbonyl (C=O) groups is 1. The minimum absolute atomic E-state index is 0.219. The number of hydrogen-bond acceptors (Lipinski definition) is 3. The Morgan fingerprint density at radius 3 is 2.41 bits per heavy atom. The predicted octanol–water partition coefficient (Wildman–Crippen LogP) is 5.32. The third-order valence-electron chi connectivity index (χ3n) is 6.22. The summed E-state index contributed by atoms with van der Waals surface area (Å²) in [6.45, 7) is 6.72. The van der Waals surface area contributed by atoms with Crippen LogP contribution in [0.15, 0.2) is 30.3 Å². The van der Waals surface area contributed by atoms with Crippen LogP contribution < -0.4 is 4.74 Å². The third kappa shape index (κ3) is 4.44. The molecule has 2 aliphatic rings.